The summed E-state index contributed by atoms with van der Waals surface area (Å²) in [7, 11) is -4.63. The van der Waals surface area contributed by atoms with Crippen LogP contribution in [0.1, 0.15) is 5.56 Å². The van der Waals surface area contributed by atoms with Gasteiger partial charge in [0.15, 0.2) is 0 Å². The maximum absolute atomic E-state index is 10.5. The normalized spacial score (nSPS) is 11.3. The van der Waals surface area contributed by atoms with Crippen molar-refractivity contribution in [2.24, 2.45) is 0 Å². The fraction of sp³-hybridized carbons (Fsp3) is 0.143. The molecule has 0 amide bonds. The van der Waals surface area contributed by atoms with Gasteiger partial charge in [0.1, 0.15) is 4.90 Å². The second kappa shape index (κ2) is 3.35. The Kier molecular flexibility index (Phi) is 2.54. The molecule has 6 nitrogen and oxygen atoms in total. The van der Waals surface area contributed by atoms with Crippen molar-refractivity contribution in [2.45, 2.75) is 11.8 Å². The van der Waals surface area contributed by atoms with Gasteiger partial charge in [-0.15, -0.1) is 0 Å². The number of nitro groups is 1. The Labute approximate surface area is 80.1 Å². The van der Waals surface area contributed by atoms with Crippen molar-refractivity contribution in [2.75, 3.05) is 0 Å². The summed E-state index contributed by atoms with van der Waals surface area (Å²) in [5, 5.41) is 10.4. The van der Waals surface area contributed by atoms with Gasteiger partial charge in [-0.2, -0.15) is 8.42 Å². The smallest absolute Gasteiger partial charge is 0.258 e. The van der Waals surface area contributed by atoms with Crippen LogP contribution in [0.25, 0.3) is 0 Å². The lowest BCUT2D eigenvalue weighted by Gasteiger charge is -1.98. The van der Waals surface area contributed by atoms with E-state index in [2.05, 4.69) is 0 Å². The Morgan fingerprint density at radius 3 is 2.36 bits per heavy atom. The summed E-state index contributed by atoms with van der Waals surface area (Å²) in [4.78, 5) is 9.09. The molecule has 1 aromatic rings. The van der Waals surface area contributed by atoms with E-state index in [9.17, 15) is 23.1 Å². The van der Waals surface area contributed by atoms with Gasteiger partial charge in [-0.1, -0.05) is 10.6 Å². The molecule has 0 heterocycles. The van der Waals surface area contributed by atoms with E-state index in [1.54, 1.807) is 0 Å². The van der Waals surface area contributed by atoms with Crippen LogP contribution in [0.2, 0.25) is 0 Å². The molecule has 14 heavy (non-hydrogen) atoms. The molecule has 1 radical (unpaired) electrons. The van der Waals surface area contributed by atoms with Crippen molar-refractivity contribution in [1.29, 1.82) is 0 Å². The van der Waals surface area contributed by atoms with Crippen LogP contribution in [-0.2, 0) is 14.7 Å². The summed E-state index contributed by atoms with van der Waals surface area (Å²) in [6.45, 7) is 1.46. The topological polar surface area (TPSA) is 97.2 Å². The summed E-state index contributed by atoms with van der Waals surface area (Å²) >= 11 is 0. The minimum absolute atomic E-state index is 0.308. The van der Waals surface area contributed by atoms with Crippen LogP contribution in [0.5, 0.6) is 0 Å². The molecule has 0 bridgehead atoms. The van der Waals surface area contributed by atoms with Crippen LogP contribution < -0.4 is 0 Å². The monoisotopic (exact) mass is 216 g/mol. The van der Waals surface area contributed by atoms with E-state index in [1.165, 1.54) is 13.0 Å². The molecule has 0 aromatic heterocycles. The zero-order valence-electron chi connectivity index (χ0n) is 7.13. The fourth-order valence-corrected chi connectivity index (χ4v) is 1.43. The summed E-state index contributed by atoms with van der Waals surface area (Å²) < 4.78 is 31.6. The van der Waals surface area contributed by atoms with E-state index < -0.39 is 19.9 Å². The highest BCUT2D eigenvalue weighted by atomic mass is 32.2. The molecule has 0 aliphatic carbocycles. The Balaban J connectivity index is 3.42. The van der Waals surface area contributed by atoms with Gasteiger partial charge in [0, 0.05) is 11.6 Å². The number of nitrogens with zero attached hydrogens (tertiary/aromatic N) is 1. The predicted molar refractivity (Wildman–Crippen MR) is 45.7 cm³/mol. The standard InChI is InChI=1S/C7H6NO5S/c1-5-2-3-6(14(11,12)13)4-7(5)8(9)10/h2-4H,1H3. The lowest BCUT2D eigenvalue weighted by atomic mass is 10.2. The number of rotatable bonds is 2. The highest BCUT2D eigenvalue weighted by Crippen LogP contribution is 2.21. The zero-order chi connectivity index (χ0) is 10.9. The van der Waals surface area contributed by atoms with Gasteiger partial charge in [-0.3, -0.25) is 10.1 Å². The fourth-order valence-electron chi connectivity index (χ4n) is 0.941. The average molecular weight is 216 g/mol. The van der Waals surface area contributed by atoms with E-state index in [-0.39, 0.29) is 5.69 Å². The second-order valence-corrected chi connectivity index (χ2v) is 4.04. The van der Waals surface area contributed by atoms with Crippen molar-refractivity contribution in [3.63, 3.8) is 0 Å². The summed E-state index contributed by atoms with van der Waals surface area (Å²) in [6, 6.07) is 3.03. The van der Waals surface area contributed by atoms with Crippen LogP contribution in [0.3, 0.4) is 0 Å². The van der Waals surface area contributed by atoms with Gasteiger partial charge in [-0.05, 0) is 13.0 Å². The van der Waals surface area contributed by atoms with Crippen molar-refractivity contribution in [1.82, 2.24) is 0 Å². The molecule has 0 aliphatic rings. The van der Waals surface area contributed by atoms with E-state index in [1.807, 2.05) is 0 Å². The summed E-state index contributed by atoms with van der Waals surface area (Å²) in [5.74, 6) is 0. The quantitative estimate of drug-likeness (QED) is 0.544. The van der Waals surface area contributed by atoms with Crippen molar-refractivity contribution < 1.29 is 17.9 Å². The van der Waals surface area contributed by atoms with Gasteiger partial charge in [-0.25, -0.2) is 0 Å². The highest BCUT2D eigenvalue weighted by Gasteiger charge is 2.18. The van der Waals surface area contributed by atoms with Crippen LogP contribution >= 0.6 is 0 Å². The Bertz CT molecular complexity index is 479. The Morgan fingerprint density at radius 1 is 1.36 bits per heavy atom. The molecule has 7 heteroatoms. The molecular formula is C7H6NO5S. The maximum Gasteiger partial charge on any atom is 0.324 e. The van der Waals surface area contributed by atoms with Gasteiger partial charge >= 0.3 is 10.1 Å². The first kappa shape index (κ1) is 10.6. The van der Waals surface area contributed by atoms with Gasteiger partial charge in [0.2, 0.25) is 0 Å². The first-order valence-corrected chi connectivity index (χ1v) is 4.94. The van der Waals surface area contributed by atoms with E-state index in [0.29, 0.717) is 5.56 Å². The second-order valence-electron chi connectivity index (χ2n) is 2.66. The molecule has 0 N–H and O–H groups in total. The van der Waals surface area contributed by atoms with Crippen molar-refractivity contribution in [3.05, 3.63) is 33.9 Å². The molecular weight excluding hydrogens is 210 g/mol. The third kappa shape index (κ3) is 2.06. The lowest BCUT2D eigenvalue weighted by Crippen LogP contribution is -1.99. The molecule has 0 fully saturated rings. The van der Waals surface area contributed by atoms with Crippen LogP contribution in [0.15, 0.2) is 23.1 Å². The SMILES string of the molecule is Cc1ccc(S([O])(=O)=O)cc1[N+](=O)[O-]. The minimum atomic E-state index is -4.63. The molecule has 1 aromatic carbocycles. The van der Waals surface area contributed by atoms with Crippen LogP contribution in [-0.4, -0.2) is 13.3 Å². The van der Waals surface area contributed by atoms with Gasteiger partial charge in [0.05, 0.1) is 4.92 Å². The van der Waals surface area contributed by atoms with Gasteiger partial charge < -0.3 is 0 Å². The molecule has 0 atom stereocenters. The molecule has 0 saturated heterocycles. The van der Waals surface area contributed by atoms with E-state index in [4.69, 9.17) is 0 Å². The first-order chi connectivity index (χ1) is 6.32. The van der Waals surface area contributed by atoms with Crippen molar-refractivity contribution >= 4 is 15.8 Å². The lowest BCUT2D eigenvalue weighted by molar-refractivity contribution is -0.385. The number of benzene rings is 1. The van der Waals surface area contributed by atoms with Crippen molar-refractivity contribution in [3.8, 4) is 0 Å². The third-order valence-electron chi connectivity index (χ3n) is 1.67. The average Bonchev–Trinajstić information content (AvgIpc) is 2.02. The predicted octanol–water partition coefficient (Wildman–Crippen LogP) is 1.02. The molecule has 75 valence electrons. The first-order valence-electron chi connectivity index (χ1n) is 3.53. The number of hydrogen-bond donors (Lipinski definition) is 0. The zero-order valence-corrected chi connectivity index (χ0v) is 7.95. The largest absolute Gasteiger partial charge is 0.324 e. The molecule has 1 rings (SSSR count). The Hall–Kier alpha value is -1.47. The Morgan fingerprint density at radius 2 is 1.93 bits per heavy atom. The molecule has 0 unspecified atom stereocenters. The number of aryl methyl sites for hydroxylation is 1. The van der Waals surface area contributed by atoms with Crippen LogP contribution in [0.4, 0.5) is 5.69 Å². The van der Waals surface area contributed by atoms with E-state index >= 15 is 0 Å². The number of hydrogen-bond acceptors (Lipinski definition) is 4. The molecule has 0 aliphatic heterocycles. The molecule has 0 spiro atoms. The van der Waals surface area contributed by atoms with E-state index in [0.717, 1.165) is 12.1 Å². The third-order valence-corrected chi connectivity index (χ3v) is 2.50. The summed E-state index contributed by atoms with van der Waals surface area (Å²) in [5.41, 5.74) is -0.0654. The van der Waals surface area contributed by atoms with Crippen LogP contribution in [0, 0.1) is 17.0 Å². The summed E-state index contributed by atoms with van der Waals surface area (Å²) in [6.07, 6.45) is 0. The highest BCUT2D eigenvalue weighted by molar-refractivity contribution is 7.85. The maximum atomic E-state index is 10.5. The molecule has 0 saturated carbocycles. The number of nitro benzene ring substituents is 1. The minimum Gasteiger partial charge on any atom is -0.258 e. The van der Waals surface area contributed by atoms with Gasteiger partial charge in [0.25, 0.3) is 5.69 Å².